The summed E-state index contributed by atoms with van der Waals surface area (Å²) in [7, 11) is 0. The molecule has 3 fully saturated rings. The maximum Gasteiger partial charge on any atom is 0.407 e. The Bertz CT molecular complexity index is 703. The van der Waals surface area contributed by atoms with Gasteiger partial charge in [-0.3, -0.25) is 14.4 Å². The van der Waals surface area contributed by atoms with Crippen molar-refractivity contribution in [3.05, 3.63) is 0 Å². The van der Waals surface area contributed by atoms with Crippen LogP contribution in [0.3, 0.4) is 0 Å². The Morgan fingerprint density at radius 3 is 2.38 bits per heavy atom. The number of hydrogen-bond donors (Lipinski definition) is 1. The lowest BCUT2D eigenvalue weighted by Crippen LogP contribution is -2.62. The van der Waals surface area contributed by atoms with E-state index < -0.39 is 41.7 Å². The smallest absolute Gasteiger partial charge is 0.407 e. The second kappa shape index (κ2) is 11.0. The first kappa shape index (κ1) is 25.9. The molecule has 5 atom stereocenters. The summed E-state index contributed by atoms with van der Waals surface area (Å²) in [6.07, 6.45) is 2.04. The predicted molar refractivity (Wildman–Crippen MR) is 117 cm³/mol. The van der Waals surface area contributed by atoms with Gasteiger partial charge in [-0.25, -0.2) is 4.79 Å². The first-order chi connectivity index (χ1) is 14.9. The third-order valence-corrected chi connectivity index (χ3v) is 5.97. The largest absolute Gasteiger partial charge is 0.465 e. The molecule has 3 aliphatic rings. The number of amides is 2. The number of ether oxygens (including phenoxy) is 3. The van der Waals surface area contributed by atoms with Gasteiger partial charge in [0.25, 0.3) is 0 Å². The molecular formula is C23H38N2O7. The highest BCUT2D eigenvalue weighted by Crippen LogP contribution is 2.38. The third-order valence-electron chi connectivity index (χ3n) is 5.97. The number of fused-ring (bicyclic) bond motifs is 5. The zero-order valence-corrected chi connectivity index (χ0v) is 20.1. The minimum absolute atomic E-state index is 0.0233. The molecule has 0 aromatic heterocycles. The molecule has 2 amide bonds. The average molecular weight is 455 g/mol. The fourth-order valence-electron chi connectivity index (χ4n) is 4.67. The Labute approximate surface area is 190 Å². The van der Waals surface area contributed by atoms with Crippen LogP contribution < -0.4 is 5.32 Å². The molecule has 9 heteroatoms. The highest BCUT2D eigenvalue weighted by Gasteiger charge is 2.49. The number of alkyl carbamates (subject to hydrolysis) is 1. The van der Waals surface area contributed by atoms with E-state index in [0.29, 0.717) is 19.4 Å². The van der Waals surface area contributed by atoms with Crippen LogP contribution in [0.5, 0.6) is 0 Å². The van der Waals surface area contributed by atoms with E-state index in [2.05, 4.69) is 12.2 Å². The highest BCUT2D eigenvalue weighted by atomic mass is 16.6. The topological polar surface area (TPSA) is 111 Å². The average Bonchev–Trinajstić information content (AvgIpc) is 2.63. The van der Waals surface area contributed by atoms with E-state index in [1.54, 1.807) is 20.8 Å². The number of carbonyl (C=O) groups is 4. The first-order valence-electron chi connectivity index (χ1n) is 11.5. The Hall–Kier alpha value is -2.32. The fourth-order valence-corrected chi connectivity index (χ4v) is 4.67. The number of hydrogen-bond acceptors (Lipinski definition) is 7. The van der Waals surface area contributed by atoms with Crippen molar-refractivity contribution in [2.45, 2.75) is 97.4 Å². The molecule has 2 aliphatic heterocycles. The SMILES string of the molecule is CCCCN1C(=O)[C@H]2CC[C@@H]1[C@@H](COC(C)=O)[C@H](OC(C)=O)C[C@H]2NC(=O)OC(C)(C)C. The van der Waals surface area contributed by atoms with Crippen molar-refractivity contribution < 1.29 is 33.4 Å². The van der Waals surface area contributed by atoms with Gasteiger partial charge in [0.15, 0.2) is 0 Å². The molecule has 3 rings (SSSR count). The van der Waals surface area contributed by atoms with E-state index in [1.165, 1.54) is 13.8 Å². The molecule has 32 heavy (non-hydrogen) atoms. The van der Waals surface area contributed by atoms with Gasteiger partial charge in [0.2, 0.25) is 5.91 Å². The Morgan fingerprint density at radius 1 is 1.12 bits per heavy atom. The lowest BCUT2D eigenvalue weighted by atomic mass is 9.73. The second-order valence-electron chi connectivity index (χ2n) is 9.74. The lowest BCUT2D eigenvalue weighted by Gasteiger charge is -2.49. The van der Waals surface area contributed by atoms with Crippen LogP contribution in [0.1, 0.15) is 73.6 Å². The summed E-state index contributed by atoms with van der Waals surface area (Å²) >= 11 is 0. The number of carbonyl (C=O) groups excluding carboxylic acids is 4. The maximum absolute atomic E-state index is 13.5. The molecule has 9 nitrogen and oxygen atoms in total. The minimum atomic E-state index is -0.687. The van der Waals surface area contributed by atoms with Crippen LogP contribution >= 0.6 is 0 Å². The zero-order valence-electron chi connectivity index (χ0n) is 20.1. The van der Waals surface area contributed by atoms with Crippen LogP contribution in [0.15, 0.2) is 0 Å². The maximum atomic E-state index is 13.5. The first-order valence-corrected chi connectivity index (χ1v) is 11.5. The van der Waals surface area contributed by atoms with Gasteiger partial charge in [0.1, 0.15) is 11.7 Å². The van der Waals surface area contributed by atoms with Crippen molar-refractivity contribution in [2.75, 3.05) is 13.2 Å². The summed E-state index contributed by atoms with van der Waals surface area (Å²) < 4.78 is 16.4. The van der Waals surface area contributed by atoms with Gasteiger partial charge in [-0.1, -0.05) is 13.3 Å². The number of esters is 2. The molecule has 0 aromatic carbocycles. The molecule has 2 saturated heterocycles. The van der Waals surface area contributed by atoms with Gasteiger partial charge in [-0.2, -0.15) is 0 Å². The number of rotatable bonds is 7. The van der Waals surface area contributed by atoms with Gasteiger partial charge in [-0.05, 0) is 40.0 Å². The molecular weight excluding hydrogens is 416 g/mol. The molecule has 1 N–H and O–H groups in total. The molecule has 0 unspecified atom stereocenters. The highest BCUT2D eigenvalue weighted by molar-refractivity contribution is 5.82. The second-order valence-corrected chi connectivity index (χ2v) is 9.74. The minimum Gasteiger partial charge on any atom is -0.465 e. The van der Waals surface area contributed by atoms with Gasteiger partial charge < -0.3 is 24.4 Å². The Kier molecular flexibility index (Phi) is 8.92. The van der Waals surface area contributed by atoms with Crippen molar-refractivity contribution >= 4 is 23.9 Å². The molecule has 1 saturated carbocycles. The van der Waals surface area contributed by atoms with E-state index in [1.807, 2.05) is 4.90 Å². The van der Waals surface area contributed by atoms with Gasteiger partial charge >= 0.3 is 18.0 Å². The summed E-state index contributed by atoms with van der Waals surface area (Å²) in [5.74, 6) is -1.72. The summed E-state index contributed by atoms with van der Waals surface area (Å²) in [4.78, 5) is 51.3. The Morgan fingerprint density at radius 2 is 1.81 bits per heavy atom. The fraction of sp³-hybridized carbons (Fsp3) is 0.826. The van der Waals surface area contributed by atoms with Gasteiger partial charge in [0, 0.05) is 38.9 Å². The monoisotopic (exact) mass is 454 g/mol. The number of nitrogens with one attached hydrogen (secondary N) is 1. The standard InChI is InChI=1S/C23H38N2O7/c1-7-8-11-25-19-10-9-16(21(25)28)18(24-22(29)32-23(4,5)6)12-20(31-15(3)27)17(19)13-30-14(2)26/h16-20H,7-13H2,1-6H3,(H,24,29)/t16-,17+,18+,19+,20+/m0/s1. The van der Waals surface area contributed by atoms with Crippen molar-refractivity contribution in [3.63, 3.8) is 0 Å². The molecule has 182 valence electrons. The summed E-state index contributed by atoms with van der Waals surface area (Å²) in [5, 5.41) is 2.86. The van der Waals surface area contributed by atoms with Crippen LogP contribution in [-0.2, 0) is 28.6 Å². The predicted octanol–water partition coefficient (Wildman–Crippen LogP) is 2.80. The van der Waals surface area contributed by atoms with Crippen LogP contribution in [0.2, 0.25) is 0 Å². The lowest BCUT2D eigenvalue weighted by molar-refractivity contribution is -0.166. The summed E-state index contributed by atoms with van der Waals surface area (Å²) in [6.45, 7) is 10.6. The molecule has 0 aromatic rings. The van der Waals surface area contributed by atoms with Crippen LogP contribution in [0.4, 0.5) is 4.79 Å². The zero-order chi connectivity index (χ0) is 24.1. The van der Waals surface area contributed by atoms with Crippen molar-refractivity contribution in [3.8, 4) is 0 Å². The van der Waals surface area contributed by atoms with E-state index >= 15 is 0 Å². The van der Waals surface area contributed by atoms with E-state index in [9.17, 15) is 19.2 Å². The van der Waals surface area contributed by atoms with E-state index in [4.69, 9.17) is 14.2 Å². The summed E-state index contributed by atoms with van der Waals surface area (Å²) in [6, 6.07) is -0.761. The molecule has 2 bridgehead atoms. The van der Waals surface area contributed by atoms with Crippen molar-refractivity contribution in [1.29, 1.82) is 0 Å². The van der Waals surface area contributed by atoms with Gasteiger partial charge in [-0.15, -0.1) is 0 Å². The van der Waals surface area contributed by atoms with Crippen molar-refractivity contribution in [2.24, 2.45) is 11.8 Å². The van der Waals surface area contributed by atoms with Crippen LogP contribution in [-0.4, -0.2) is 65.8 Å². The molecule has 0 spiro atoms. The molecule has 1 aliphatic carbocycles. The van der Waals surface area contributed by atoms with Gasteiger partial charge in [0.05, 0.1) is 18.4 Å². The molecule has 2 heterocycles. The quantitative estimate of drug-likeness (QED) is 0.465. The van der Waals surface area contributed by atoms with E-state index in [-0.39, 0.29) is 30.9 Å². The van der Waals surface area contributed by atoms with Crippen LogP contribution in [0.25, 0.3) is 0 Å². The van der Waals surface area contributed by atoms with E-state index in [0.717, 1.165) is 12.8 Å². The Balaban J connectivity index is 2.40. The molecule has 0 radical (unpaired) electrons. The number of unbranched alkanes of at least 4 members (excludes halogenated alkanes) is 1. The normalized spacial score (nSPS) is 27.9. The van der Waals surface area contributed by atoms with Crippen LogP contribution in [0, 0.1) is 11.8 Å². The van der Waals surface area contributed by atoms with Crippen molar-refractivity contribution in [1.82, 2.24) is 10.2 Å². The third kappa shape index (κ3) is 7.10. The number of nitrogens with zero attached hydrogens (tertiary/aromatic N) is 1. The summed E-state index contributed by atoms with van der Waals surface area (Å²) in [5.41, 5.74) is -0.687. The number of piperidine rings is 1.